The van der Waals surface area contributed by atoms with Crippen LogP contribution in [0.25, 0.3) is 0 Å². The van der Waals surface area contributed by atoms with E-state index in [2.05, 4.69) is 19.2 Å². The van der Waals surface area contributed by atoms with Gasteiger partial charge in [-0.3, -0.25) is 9.59 Å². The molecular formula is C12H18N2O2S. The van der Waals surface area contributed by atoms with Crippen molar-refractivity contribution in [1.29, 1.82) is 0 Å². The van der Waals surface area contributed by atoms with E-state index in [1.54, 1.807) is 0 Å². The Labute approximate surface area is 105 Å². The summed E-state index contributed by atoms with van der Waals surface area (Å²) >= 11 is 1.45. The maximum absolute atomic E-state index is 11.9. The molecule has 0 saturated heterocycles. The molecule has 0 aromatic carbocycles. The van der Waals surface area contributed by atoms with E-state index < -0.39 is 0 Å². The summed E-state index contributed by atoms with van der Waals surface area (Å²) in [6.07, 6.45) is 0.894. The molecule has 0 aliphatic heterocycles. The molecule has 0 saturated carbocycles. The van der Waals surface area contributed by atoms with Crippen LogP contribution in [0.5, 0.6) is 0 Å². The second-order valence-electron chi connectivity index (χ2n) is 4.19. The summed E-state index contributed by atoms with van der Waals surface area (Å²) in [5, 5.41) is 4.72. The van der Waals surface area contributed by atoms with Crippen molar-refractivity contribution in [3.63, 3.8) is 0 Å². The lowest BCUT2D eigenvalue weighted by Crippen LogP contribution is -2.25. The van der Waals surface area contributed by atoms with E-state index >= 15 is 0 Å². The van der Waals surface area contributed by atoms with Gasteiger partial charge in [-0.25, -0.2) is 0 Å². The molecule has 0 radical (unpaired) electrons. The van der Waals surface area contributed by atoms with Crippen LogP contribution in [0.1, 0.15) is 47.8 Å². The van der Waals surface area contributed by atoms with Gasteiger partial charge in [0.2, 0.25) is 5.91 Å². The maximum Gasteiger partial charge on any atom is 0.261 e. The predicted molar refractivity (Wildman–Crippen MR) is 69.2 cm³/mol. The number of carbonyl (C=O) groups is 2. The van der Waals surface area contributed by atoms with Gasteiger partial charge in [0.1, 0.15) is 0 Å². The molecule has 1 rings (SSSR count). The van der Waals surface area contributed by atoms with Crippen molar-refractivity contribution >= 4 is 23.2 Å². The van der Waals surface area contributed by atoms with E-state index in [-0.39, 0.29) is 11.8 Å². The summed E-state index contributed by atoms with van der Waals surface area (Å²) in [6.45, 7) is 4.61. The number of thiophene rings is 1. The second kappa shape index (κ2) is 6.39. The SMILES string of the molecule is CC(C)c1ccsc1C(=O)NCCCC(N)=O. The number of hydrogen-bond acceptors (Lipinski definition) is 3. The molecule has 0 bridgehead atoms. The minimum atomic E-state index is -0.335. The summed E-state index contributed by atoms with van der Waals surface area (Å²) < 4.78 is 0. The average Bonchev–Trinajstić information content (AvgIpc) is 2.72. The molecule has 0 fully saturated rings. The molecule has 0 atom stereocenters. The molecule has 0 unspecified atom stereocenters. The Morgan fingerprint density at radius 1 is 1.47 bits per heavy atom. The molecule has 0 aliphatic rings. The molecule has 0 aliphatic carbocycles. The monoisotopic (exact) mass is 254 g/mol. The van der Waals surface area contributed by atoms with Gasteiger partial charge < -0.3 is 11.1 Å². The molecule has 3 N–H and O–H groups in total. The molecule has 94 valence electrons. The van der Waals surface area contributed by atoms with Crippen molar-refractivity contribution < 1.29 is 9.59 Å². The van der Waals surface area contributed by atoms with Crippen molar-refractivity contribution in [2.24, 2.45) is 5.73 Å². The minimum Gasteiger partial charge on any atom is -0.370 e. The zero-order valence-electron chi connectivity index (χ0n) is 10.2. The fourth-order valence-electron chi connectivity index (χ4n) is 1.50. The molecule has 2 amide bonds. The van der Waals surface area contributed by atoms with Gasteiger partial charge in [0.25, 0.3) is 5.91 Å². The molecule has 1 aromatic rings. The normalized spacial score (nSPS) is 10.5. The highest BCUT2D eigenvalue weighted by Gasteiger charge is 2.14. The van der Waals surface area contributed by atoms with Crippen LogP contribution in [-0.2, 0) is 4.79 Å². The van der Waals surface area contributed by atoms with Crippen LogP contribution in [0.15, 0.2) is 11.4 Å². The zero-order chi connectivity index (χ0) is 12.8. The summed E-state index contributed by atoms with van der Waals surface area (Å²) in [6, 6.07) is 1.98. The van der Waals surface area contributed by atoms with E-state index in [1.807, 2.05) is 11.4 Å². The number of nitrogens with two attached hydrogens (primary N) is 1. The van der Waals surface area contributed by atoms with Gasteiger partial charge >= 0.3 is 0 Å². The van der Waals surface area contributed by atoms with Crippen molar-refractivity contribution in [2.75, 3.05) is 6.54 Å². The fourth-order valence-corrected chi connectivity index (χ4v) is 2.47. The zero-order valence-corrected chi connectivity index (χ0v) is 11.0. The van der Waals surface area contributed by atoms with E-state index in [1.165, 1.54) is 11.3 Å². The first kappa shape index (κ1) is 13.7. The number of hydrogen-bond donors (Lipinski definition) is 2. The smallest absolute Gasteiger partial charge is 0.261 e. The van der Waals surface area contributed by atoms with E-state index in [9.17, 15) is 9.59 Å². The van der Waals surface area contributed by atoms with Gasteiger partial charge in [-0.15, -0.1) is 11.3 Å². The number of carbonyl (C=O) groups excluding carboxylic acids is 2. The molecule has 5 heteroatoms. The Kier molecular flexibility index (Phi) is 5.15. The van der Waals surface area contributed by atoms with Crippen molar-refractivity contribution in [1.82, 2.24) is 5.32 Å². The fraction of sp³-hybridized carbons (Fsp3) is 0.500. The third-order valence-electron chi connectivity index (χ3n) is 2.41. The van der Waals surface area contributed by atoms with E-state index in [4.69, 9.17) is 5.73 Å². The quantitative estimate of drug-likeness (QED) is 0.761. The summed E-state index contributed by atoms with van der Waals surface area (Å²) in [5.41, 5.74) is 6.09. The summed E-state index contributed by atoms with van der Waals surface area (Å²) in [4.78, 5) is 23.1. The molecule has 17 heavy (non-hydrogen) atoms. The average molecular weight is 254 g/mol. The summed E-state index contributed by atoms with van der Waals surface area (Å²) in [7, 11) is 0. The number of primary amides is 1. The number of nitrogens with one attached hydrogen (secondary N) is 1. The lowest BCUT2D eigenvalue weighted by Gasteiger charge is -2.07. The van der Waals surface area contributed by atoms with Crippen LogP contribution in [0.2, 0.25) is 0 Å². The van der Waals surface area contributed by atoms with Crippen LogP contribution in [-0.4, -0.2) is 18.4 Å². The number of amides is 2. The van der Waals surface area contributed by atoms with Gasteiger partial charge in [0, 0.05) is 13.0 Å². The molecule has 1 heterocycles. The Morgan fingerprint density at radius 2 is 2.18 bits per heavy atom. The first-order valence-electron chi connectivity index (χ1n) is 5.66. The van der Waals surface area contributed by atoms with Crippen LogP contribution in [0.4, 0.5) is 0 Å². The van der Waals surface area contributed by atoms with Crippen LogP contribution >= 0.6 is 11.3 Å². The van der Waals surface area contributed by atoms with Gasteiger partial charge in [0.05, 0.1) is 4.88 Å². The lowest BCUT2D eigenvalue weighted by molar-refractivity contribution is -0.118. The van der Waals surface area contributed by atoms with Gasteiger partial charge in [-0.05, 0) is 29.3 Å². The highest BCUT2D eigenvalue weighted by molar-refractivity contribution is 7.12. The highest BCUT2D eigenvalue weighted by atomic mass is 32.1. The van der Waals surface area contributed by atoms with Gasteiger partial charge in [-0.1, -0.05) is 13.8 Å². The molecule has 4 nitrogen and oxygen atoms in total. The van der Waals surface area contributed by atoms with E-state index in [0.29, 0.717) is 25.3 Å². The van der Waals surface area contributed by atoms with Crippen LogP contribution in [0.3, 0.4) is 0 Å². The van der Waals surface area contributed by atoms with Gasteiger partial charge in [-0.2, -0.15) is 0 Å². The standard InChI is InChI=1S/C12H18N2O2S/c1-8(2)9-5-7-17-11(9)12(16)14-6-3-4-10(13)15/h5,7-8H,3-4,6H2,1-2H3,(H2,13,15)(H,14,16). The topological polar surface area (TPSA) is 72.2 Å². The Hall–Kier alpha value is -1.36. The molecule has 1 aromatic heterocycles. The van der Waals surface area contributed by atoms with E-state index in [0.717, 1.165) is 10.4 Å². The van der Waals surface area contributed by atoms with Crippen LogP contribution in [0, 0.1) is 0 Å². The maximum atomic E-state index is 11.9. The largest absolute Gasteiger partial charge is 0.370 e. The Morgan fingerprint density at radius 3 is 2.76 bits per heavy atom. The minimum absolute atomic E-state index is 0.0619. The predicted octanol–water partition coefficient (Wildman–Crippen LogP) is 1.87. The van der Waals surface area contributed by atoms with Crippen molar-refractivity contribution in [3.05, 3.63) is 21.9 Å². The molecule has 0 spiro atoms. The third kappa shape index (κ3) is 4.19. The first-order chi connectivity index (χ1) is 8.02. The van der Waals surface area contributed by atoms with Gasteiger partial charge in [0.15, 0.2) is 0 Å². The van der Waals surface area contributed by atoms with Crippen molar-refractivity contribution in [2.45, 2.75) is 32.6 Å². The van der Waals surface area contributed by atoms with Crippen LogP contribution < -0.4 is 11.1 Å². The summed E-state index contributed by atoms with van der Waals surface area (Å²) in [5.74, 6) is -0.0565. The third-order valence-corrected chi connectivity index (χ3v) is 3.34. The second-order valence-corrected chi connectivity index (χ2v) is 5.10. The highest BCUT2D eigenvalue weighted by Crippen LogP contribution is 2.24. The number of rotatable bonds is 6. The molecular weight excluding hydrogens is 236 g/mol. The Balaban J connectivity index is 2.47. The first-order valence-corrected chi connectivity index (χ1v) is 6.54. The Bertz CT molecular complexity index is 399. The van der Waals surface area contributed by atoms with Crippen molar-refractivity contribution in [3.8, 4) is 0 Å². The lowest BCUT2D eigenvalue weighted by atomic mass is 10.0.